The smallest absolute Gasteiger partial charge is 0.0702 e. The molecule has 2 rings (SSSR count). The lowest BCUT2D eigenvalue weighted by atomic mass is 10.2. The maximum absolute atomic E-state index is 4.33. The number of halogens is 2. The molecule has 2 aromatic rings. The van der Waals surface area contributed by atoms with Crippen LogP contribution in [0.4, 0.5) is 0 Å². The first kappa shape index (κ1) is 12.1. The van der Waals surface area contributed by atoms with Crippen LogP contribution in [0.15, 0.2) is 35.1 Å². The van der Waals surface area contributed by atoms with Crippen molar-refractivity contribution in [2.24, 2.45) is 0 Å². The Labute approximate surface area is 117 Å². The molecule has 0 saturated heterocycles. The zero-order chi connectivity index (χ0) is 11.5. The van der Waals surface area contributed by atoms with E-state index in [1.807, 2.05) is 30.2 Å². The molecule has 16 heavy (non-hydrogen) atoms. The number of benzene rings is 1. The van der Waals surface area contributed by atoms with Crippen LogP contribution in [-0.4, -0.2) is 16.8 Å². The maximum atomic E-state index is 4.33. The second-order valence-electron chi connectivity index (χ2n) is 3.41. The predicted molar refractivity (Wildman–Crippen MR) is 76.7 cm³/mol. The highest BCUT2D eigenvalue weighted by molar-refractivity contribution is 14.1. The summed E-state index contributed by atoms with van der Waals surface area (Å²) in [5, 5.41) is 7.49. The highest BCUT2D eigenvalue weighted by Gasteiger charge is 2.06. The summed E-state index contributed by atoms with van der Waals surface area (Å²) in [6, 6.07) is 6.23. The van der Waals surface area contributed by atoms with Gasteiger partial charge in [-0.25, -0.2) is 4.68 Å². The Bertz CT molecular complexity index is 496. The molecule has 0 aliphatic heterocycles. The van der Waals surface area contributed by atoms with Crippen molar-refractivity contribution in [1.82, 2.24) is 15.1 Å². The van der Waals surface area contributed by atoms with Crippen molar-refractivity contribution in [1.29, 1.82) is 0 Å². The first-order valence-electron chi connectivity index (χ1n) is 4.84. The molecule has 5 heteroatoms. The van der Waals surface area contributed by atoms with Gasteiger partial charge in [-0.1, -0.05) is 22.0 Å². The number of hydrogen-bond donors (Lipinski definition) is 1. The molecule has 0 radical (unpaired) electrons. The highest BCUT2D eigenvalue weighted by Crippen LogP contribution is 2.20. The lowest BCUT2D eigenvalue weighted by Gasteiger charge is -2.09. The van der Waals surface area contributed by atoms with E-state index < -0.39 is 0 Å². The summed E-state index contributed by atoms with van der Waals surface area (Å²) in [5.74, 6) is 0. The third-order valence-corrected chi connectivity index (χ3v) is 3.26. The molecule has 0 unspecified atom stereocenters. The largest absolute Gasteiger partial charge is 0.316 e. The minimum atomic E-state index is 0.832. The zero-order valence-corrected chi connectivity index (χ0v) is 12.5. The molecule has 1 aromatic heterocycles. The monoisotopic (exact) mass is 391 g/mol. The summed E-state index contributed by atoms with van der Waals surface area (Å²) < 4.78 is 4.10. The third-order valence-electron chi connectivity index (χ3n) is 2.21. The topological polar surface area (TPSA) is 29.9 Å². The van der Waals surface area contributed by atoms with Gasteiger partial charge in [0.2, 0.25) is 0 Å². The minimum absolute atomic E-state index is 0.832. The molecule has 0 atom stereocenters. The van der Waals surface area contributed by atoms with Gasteiger partial charge in [0.1, 0.15) is 0 Å². The molecule has 1 heterocycles. The summed E-state index contributed by atoms with van der Waals surface area (Å²) in [5.41, 5.74) is 2.33. The van der Waals surface area contributed by atoms with Crippen molar-refractivity contribution in [2.75, 3.05) is 7.05 Å². The molecule has 0 spiro atoms. The summed E-state index contributed by atoms with van der Waals surface area (Å²) in [7, 11) is 1.94. The minimum Gasteiger partial charge on any atom is -0.316 e. The van der Waals surface area contributed by atoms with Crippen molar-refractivity contribution >= 4 is 38.5 Å². The Morgan fingerprint density at radius 3 is 2.94 bits per heavy atom. The molecule has 0 aliphatic rings. The van der Waals surface area contributed by atoms with Gasteiger partial charge in [0.15, 0.2) is 0 Å². The third kappa shape index (κ3) is 2.64. The van der Waals surface area contributed by atoms with E-state index in [0.717, 1.165) is 20.3 Å². The Morgan fingerprint density at radius 2 is 2.31 bits per heavy atom. The van der Waals surface area contributed by atoms with Gasteiger partial charge in [0, 0.05) is 17.2 Å². The van der Waals surface area contributed by atoms with Gasteiger partial charge in [0.25, 0.3) is 0 Å². The molecular formula is C11H11BrIN3. The Kier molecular flexibility index (Phi) is 3.99. The number of nitrogens with zero attached hydrogens (tertiary/aromatic N) is 2. The fourth-order valence-electron chi connectivity index (χ4n) is 1.52. The fraction of sp³-hybridized carbons (Fsp3) is 0.182. The normalized spacial score (nSPS) is 10.7. The molecule has 0 amide bonds. The second kappa shape index (κ2) is 5.29. The first-order valence-corrected chi connectivity index (χ1v) is 6.71. The predicted octanol–water partition coefficient (Wildman–Crippen LogP) is 2.96. The van der Waals surface area contributed by atoms with Crippen LogP contribution < -0.4 is 5.32 Å². The van der Waals surface area contributed by atoms with Gasteiger partial charge < -0.3 is 5.32 Å². The van der Waals surface area contributed by atoms with Crippen LogP contribution in [0.2, 0.25) is 0 Å². The van der Waals surface area contributed by atoms with Crippen LogP contribution in [0.5, 0.6) is 0 Å². The van der Waals surface area contributed by atoms with Crippen molar-refractivity contribution in [3.05, 3.63) is 44.2 Å². The zero-order valence-electron chi connectivity index (χ0n) is 8.74. The van der Waals surface area contributed by atoms with Crippen LogP contribution in [0.1, 0.15) is 5.56 Å². The van der Waals surface area contributed by atoms with Crippen molar-refractivity contribution in [2.45, 2.75) is 6.54 Å². The molecule has 3 nitrogen and oxygen atoms in total. The van der Waals surface area contributed by atoms with E-state index in [9.17, 15) is 0 Å². The summed E-state index contributed by atoms with van der Waals surface area (Å²) in [4.78, 5) is 0. The fourth-order valence-corrected chi connectivity index (χ4v) is 2.26. The van der Waals surface area contributed by atoms with E-state index in [4.69, 9.17) is 0 Å². The Balaban J connectivity index is 2.48. The van der Waals surface area contributed by atoms with E-state index >= 15 is 0 Å². The molecule has 1 N–H and O–H groups in total. The number of nitrogens with one attached hydrogen (secondary N) is 1. The van der Waals surface area contributed by atoms with Gasteiger partial charge >= 0.3 is 0 Å². The number of hydrogen-bond acceptors (Lipinski definition) is 2. The van der Waals surface area contributed by atoms with E-state index in [1.165, 1.54) is 5.56 Å². The number of rotatable bonds is 3. The Morgan fingerprint density at radius 1 is 1.50 bits per heavy atom. The lowest BCUT2D eigenvalue weighted by molar-refractivity contribution is 0.788. The van der Waals surface area contributed by atoms with E-state index in [-0.39, 0.29) is 0 Å². The average molecular weight is 392 g/mol. The van der Waals surface area contributed by atoms with Gasteiger partial charge in [-0.05, 0) is 47.3 Å². The van der Waals surface area contributed by atoms with Gasteiger partial charge in [0.05, 0.1) is 15.5 Å². The molecule has 0 fully saturated rings. The van der Waals surface area contributed by atoms with Gasteiger partial charge in [-0.2, -0.15) is 5.10 Å². The molecular weight excluding hydrogens is 381 g/mol. The van der Waals surface area contributed by atoms with Gasteiger partial charge in [-0.15, -0.1) is 0 Å². The van der Waals surface area contributed by atoms with Crippen LogP contribution in [-0.2, 0) is 6.54 Å². The van der Waals surface area contributed by atoms with E-state index in [1.54, 1.807) is 0 Å². The van der Waals surface area contributed by atoms with Crippen molar-refractivity contribution in [3.8, 4) is 5.69 Å². The lowest BCUT2D eigenvalue weighted by Crippen LogP contribution is -2.09. The van der Waals surface area contributed by atoms with Crippen LogP contribution in [0.25, 0.3) is 5.69 Å². The van der Waals surface area contributed by atoms with Gasteiger partial charge in [-0.3, -0.25) is 0 Å². The van der Waals surface area contributed by atoms with Crippen molar-refractivity contribution in [3.63, 3.8) is 0 Å². The Hall–Kier alpha value is -0.400. The molecule has 1 aromatic carbocycles. The SMILES string of the molecule is CNCc1ccc(Br)cc1-n1cc(I)cn1. The van der Waals surface area contributed by atoms with Crippen molar-refractivity contribution < 1.29 is 0 Å². The molecule has 0 bridgehead atoms. The van der Waals surface area contributed by atoms with Crippen LogP contribution in [0.3, 0.4) is 0 Å². The second-order valence-corrected chi connectivity index (χ2v) is 5.57. The average Bonchev–Trinajstić information content (AvgIpc) is 2.68. The molecule has 0 saturated carbocycles. The summed E-state index contributed by atoms with van der Waals surface area (Å²) >= 11 is 5.75. The quantitative estimate of drug-likeness (QED) is 0.815. The first-order chi connectivity index (χ1) is 7.70. The summed E-state index contributed by atoms with van der Waals surface area (Å²) in [6.45, 7) is 0.832. The molecule has 0 aliphatic carbocycles. The number of aromatic nitrogens is 2. The summed E-state index contributed by atoms with van der Waals surface area (Å²) in [6.07, 6.45) is 3.87. The van der Waals surface area contributed by atoms with Crippen LogP contribution >= 0.6 is 38.5 Å². The molecule has 84 valence electrons. The highest BCUT2D eigenvalue weighted by atomic mass is 127. The standard InChI is InChI=1S/C11H11BrIN3/c1-14-5-8-2-3-9(12)4-11(8)16-7-10(13)6-15-16/h2-4,6-7,14H,5H2,1H3. The van der Waals surface area contributed by atoms with Crippen LogP contribution in [0, 0.1) is 3.57 Å². The van der Waals surface area contributed by atoms with E-state index in [0.29, 0.717) is 0 Å². The maximum Gasteiger partial charge on any atom is 0.0702 e. The van der Waals surface area contributed by atoms with E-state index in [2.05, 4.69) is 61.1 Å².